The number of diazo groups is 1. The number of esters is 2. The molecule has 0 unspecified atom stereocenters. The van der Waals surface area contributed by atoms with Gasteiger partial charge >= 0.3 is 18.1 Å². The number of aliphatic hydroxyl groups excluding tert-OH is 1. The Morgan fingerprint density at radius 2 is 1.72 bits per heavy atom. The van der Waals surface area contributed by atoms with Crippen LogP contribution in [0.1, 0.15) is 15.9 Å². The van der Waals surface area contributed by atoms with Crippen LogP contribution in [0.4, 0.5) is 0 Å². The van der Waals surface area contributed by atoms with Gasteiger partial charge in [-0.1, -0.05) is 48.5 Å². The minimum Gasteiger partial charge on any atom is -0.490 e. The highest BCUT2D eigenvalue weighted by Crippen LogP contribution is 2.08. The highest BCUT2D eigenvalue weighted by molar-refractivity contribution is 5.98. The van der Waals surface area contributed by atoms with E-state index < -0.39 is 23.9 Å². The summed E-state index contributed by atoms with van der Waals surface area (Å²) in [6.45, 7) is 0. The van der Waals surface area contributed by atoms with Crippen molar-refractivity contribution in [2.45, 2.75) is 12.5 Å². The van der Waals surface area contributed by atoms with Gasteiger partial charge in [0, 0.05) is 6.42 Å². The van der Waals surface area contributed by atoms with E-state index >= 15 is 0 Å². The number of ether oxygens (including phenoxy) is 1. The van der Waals surface area contributed by atoms with Crippen LogP contribution in [0.15, 0.2) is 72.7 Å². The summed E-state index contributed by atoms with van der Waals surface area (Å²) in [5.41, 5.74) is 1.03. The monoisotopic (exact) mass is 338 g/mol. The summed E-state index contributed by atoms with van der Waals surface area (Å²) in [6, 6.07) is 16.0. The van der Waals surface area contributed by atoms with Gasteiger partial charge in [0.2, 0.25) is 5.39 Å². The van der Waals surface area contributed by atoms with Crippen LogP contribution >= 0.6 is 0 Å². The summed E-state index contributed by atoms with van der Waals surface area (Å²) in [6.07, 6.45) is 0.884. The van der Waals surface area contributed by atoms with Gasteiger partial charge in [-0.05, 0) is 17.7 Å². The van der Waals surface area contributed by atoms with Gasteiger partial charge in [-0.25, -0.2) is 9.59 Å². The van der Waals surface area contributed by atoms with Gasteiger partial charge in [0.1, 0.15) is 6.04 Å². The molecule has 25 heavy (non-hydrogen) atoms. The summed E-state index contributed by atoms with van der Waals surface area (Å²) in [7, 11) is 0. The molecule has 126 valence electrons. The maximum absolute atomic E-state index is 12.3. The molecule has 0 aliphatic carbocycles. The molecule has 0 aliphatic rings. The standard InChI is InChI=1S/C18H15N3O4/c19-20-12-16(22)21-15(11-13-7-3-1-4-8-13)18(24)25-17(23)14-9-5-2-6-10-14/h1-10,12,15,21H,11H2/p+1/b16-12+/t15-/m0/s1. The van der Waals surface area contributed by atoms with Gasteiger partial charge in [-0.15, -0.1) is 0 Å². The normalized spacial score (nSPS) is 11.9. The van der Waals surface area contributed by atoms with Crippen molar-refractivity contribution >= 4 is 11.9 Å². The van der Waals surface area contributed by atoms with Crippen LogP contribution in [-0.4, -0.2) is 23.1 Å². The van der Waals surface area contributed by atoms with Crippen LogP contribution in [0.5, 0.6) is 0 Å². The first-order valence-electron chi connectivity index (χ1n) is 7.45. The lowest BCUT2D eigenvalue weighted by molar-refractivity contribution is -0.140. The summed E-state index contributed by atoms with van der Waals surface area (Å²) in [5.74, 6) is -2.19. The Morgan fingerprint density at radius 1 is 1.12 bits per heavy atom. The molecule has 0 heterocycles. The third kappa shape index (κ3) is 5.48. The van der Waals surface area contributed by atoms with Crippen LogP contribution in [-0.2, 0) is 16.0 Å². The third-order valence-corrected chi connectivity index (χ3v) is 3.27. The molecule has 0 aliphatic heterocycles. The molecule has 2 aromatic rings. The number of carbonyl (C=O) groups excluding carboxylic acids is 2. The minimum atomic E-state index is -1.05. The summed E-state index contributed by atoms with van der Waals surface area (Å²) in [5, 5.41) is 20.5. The van der Waals surface area contributed by atoms with Gasteiger partial charge < -0.3 is 15.2 Å². The molecular formula is C18H16N3O4+. The second-order valence-electron chi connectivity index (χ2n) is 5.09. The lowest BCUT2D eigenvalue weighted by Crippen LogP contribution is -2.40. The second-order valence-corrected chi connectivity index (χ2v) is 5.09. The van der Waals surface area contributed by atoms with E-state index in [2.05, 4.69) is 10.3 Å². The van der Waals surface area contributed by atoms with E-state index in [1.54, 1.807) is 42.5 Å². The molecule has 7 heteroatoms. The number of rotatable bonds is 6. The Labute approximate surface area is 144 Å². The van der Waals surface area contributed by atoms with Gasteiger partial charge in [-0.3, -0.25) is 0 Å². The Bertz CT molecular complexity index is 798. The minimum absolute atomic E-state index is 0.158. The zero-order valence-electron chi connectivity index (χ0n) is 13.2. The molecule has 0 saturated carbocycles. The van der Waals surface area contributed by atoms with Crippen molar-refractivity contribution in [3.8, 4) is 0 Å². The van der Waals surface area contributed by atoms with Crippen LogP contribution in [0.3, 0.4) is 0 Å². The van der Waals surface area contributed by atoms with Crippen molar-refractivity contribution < 1.29 is 19.4 Å². The van der Waals surface area contributed by atoms with E-state index in [-0.39, 0.29) is 12.0 Å². The summed E-state index contributed by atoms with van der Waals surface area (Å²) in [4.78, 5) is 27.0. The highest BCUT2D eigenvalue weighted by atomic mass is 16.6. The van der Waals surface area contributed by atoms with Crippen molar-refractivity contribution in [3.05, 3.63) is 88.8 Å². The van der Waals surface area contributed by atoms with E-state index in [1.165, 1.54) is 12.1 Å². The molecule has 2 N–H and O–H groups in total. The van der Waals surface area contributed by atoms with Crippen molar-refractivity contribution in [2.24, 2.45) is 0 Å². The average molecular weight is 338 g/mol. The topological polar surface area (TPSA) is 104 Å². The Hall–Kier alpha value is -3.66. The summed E-state index contributed by atoms with van der Waals surface area (Å²) >= 11 is 0. The number of carbonyl (C=O) groups is 2. The van der Waals surface area contributed by atoms with Crippen LogP contribution in [0.25, 0.3) is 4.98 Å². The van der Waals surface area contributed by atoms with E-state index in [0.717, 1.165) is 11.8 Å². The molecule has 0 amide bonds. The van der Waals surface area contributed by atoms with Crippen molar-refractivity contribution in [3.63, 3.8) is 0 Å². The molecule has 0 radical (unpaired) electrons. The first-order valence-corrected chi connectivity index (χ1v) is 7.45. The van der Waals surface area contributed by atoms with Crippen LogP contribution < -0.4 is 5.32 Å². The van der Waals surface area contributed by atoms with E-state index in [1.807, 2.05) is 6.07 Å². The second kappa shape index (κ2) is 8.84. The van der Waals surface area contributed by atoms with Gasteiger partial charge in [0.05, 0.1) is 5.56 Å². The first kappa shape index (κ1) is 17.7. The Morgan fingerprint density at radius 3 is 2.32 bits per heavy atom. The average Bonchev–Trinajstić information content (AvgIpc) is 2.63. The SMILES string of the molecule is N#[N+]/C=C(/O)N[C@@H](Cc1ccccc1)C(=O)OC(=O)c1ccccc1. The van der Waals surface area contributed by atoms with Crippen molar-refractivity contribution in [1.82, 2.24) is 5.32 Å². The Kier molecular flexibility index (Phi) is 6.25. The van der Waals surface area contributed by atoms with E-state index in [9.17, 15) is 14.7 Å². The maximum atomic E-state index is 12.3. The van der Waals surface area contributed by atoms with Gasteiger partial charge in [-0.2, -0.15) is 0 Å². The Balaban J connectivity index is 2.13. The lowest BCUT2D eigenvalue weighted by atomic mass is 10.1. The molecule has 2 rings (SSSR count). The molecule has 0 aromatic heterocycles. The first-order chi connectivity index (χ1) is 12.1. The molecule has 1 atom stereocenters. The smallest absolute Gasteiger partial charge is 0.409 e. The number of benzene rings is 2. The highest BCUT2D eigenvalue weighted by Gasteiger charge is 2.25. The van der Waals surface area contributed by atoms with Crippen LogP contribution in [0, 0.1) is 5.39 Å². The predicted molar refractivity (Wildman–Crippen MR) is 89.7 cm³/mol. The number of hydrogen-bond acceptors (Lipinski definition) is 6. The van der Waals surface area contributed by atoms with E-state index in [4.69, 9.17) is 10.1 Å². The largest absolute Gasteiger partial charge is 0.490 e. The van der Waals surface area contributed by atoms with Crippen molar-refractivity contribution in [2.75, 3.05) is 0 Å². The maximum Gasteiger partial charge on any atom is 0.409 e. The number of hydrogen-bond donors (Lipinski definition) is 2. The fourth-order valence-corrected chi connectivity index (χ4v) is 2.11. The fourth-order valence-electron chi connectivity index (χ4n) is 2.11. The van der Waals surface area contributed by atoms with Gasteiger partial charge in [0.15, 0.2) is 4.98 Å². The summed E-state index contributed by atoms with van der Waals surface area (Å²) < 4.78 is 4.88. The molecule has 0 fully saturated rings. The zero-order chi connectivity index (χ0) is 18.1. The number of nitrogens with one attached hydrogen (secondary N) is 1. The van der Waals surface area contributed by atoms with Crippen molar-refractivity contribution in [1.29, 1.82) is 5.39 Å². The third-order valence-electron chi connectivity index (χ3n) is 3.27. The molecule has 7 nitrogen and oxygen atoms in total. The molecule has 0 saturated heterocycles. The molecular weight excluding hydrogens is 322 g/mol. The number of aliphatic hydroxyl groups is 1. The molecule has 0 spiro atoms. The predicted octanol–water partition coefficient (Wildman–Crippen LogP) is 2.78. The lowest BCUT2D eigenvalue weighted by Gasteiger charge is -2.16. The fraction of sp³-hybridized carbons (Fsp3) is 0.111. The molecule has 0 bridgehead atoms. The van der Waals surface area contributed by atoms with Crippen LogP contribution in [0.2, 0.25) is 0 Å². The number of nitrogens with zero attached hydrogens (tertiary/aromatic N) is 2. The van der Waals surface area contributed by atoms with E-state index in [0.29, 0.717) is 0 Å². The quantitative estimate of drug-likeness (QED) is 0.363. The molecule has 2 aromatic carbocycles. The zero-order valence-corrected chi connectivity index (χ0v) is 13.2. The van der Waals surface area contributed by atoms with Gasteiger partial charge in [0.25, 0.3) is 5.88 Å².